The van der Waals surface area contributed by atoms with Gasteiger partial charge in [0.15, 0.2) is 5.78 Å². The molecule has 1 atom stereocenters. The van der Waals surface area contributed by atoms with Gasteiger partial charge < -0.3 is 9.47 Å². The first-order valence-corrected chi connectivity index (χ1v) is 4.94. The van der Waals surface area contributed by atoms with E-state index in [1.807, 2.05) is 6.92 Å². The van der Waals surface area contributed by atoms with Crippen LogP contribution in [0.3, 0.4) is 0 Å². The molecule has 3 heteroatoms. The van der Waals surface area contributed by atoms with E-state index in [1.54, 1.807) is 6.92 Å². The molecule has 0 saturated heterocycles. The Labute approximate surface area is 80.4 Å². The molecule has 0 spiro atoms. The van der Waals surface area contributed by atoms with Crippen molar-refractivity contribution in [2.75, 3.05) is 19.8 Å². The fourth-order valence-electron chi connectivity index (χ4n) is 0.911. The Morgan fingerprint density at radius 1 is 1.23 bits per heavy atom. The highest BCUT2D eigenvalue weighted by Crippen LogP contribution is 1.96. The van der Waals surface area contributed by atoms with E-state index in [0.717, 1.165) is 13.0 Å². The smallest absolute Gasteiger partial charge is 0.160 e. The molecule has 0 radical (unpaired) electrons. The summed E-state index contributed by atoms with van der Waals surface area (Å²) in [7, 11) is 0. The van der Waals surface area contributed by atoms with Crippen LogP contribution < -0.4 is 0 Å². The Kier molecular flexibility index (Phi) is 7.94. The second-order valence-corrected chi connectivity index (χ2v) is 2.95. The van der Waals surface area contributed by atoms with Gasteiger partial charge in [0.05, 0.1) is 13.2 Å². The van der Waals surface area contributed by atoms with Crippen molar-refractivity contribution in [3.05, 3.63) is 0 Å². The molecular formula is C10H20O3. The van der Waals surface area contributed by atoms with E-state index in [1.165, 1.54) is 0 Å². The van der Waals surface area contributed by atoms with Crippen molar-refractivity contribution in [3.63, 3.8) is 0 Å². The summed E-state index contributed by atoms with van der Waals surface area (Å²) in [6.07, 6.45) is 1.27. The third kappa shape index (κ3) is 6.72. The number of hydrogen-bond donors (Lipinski definition) is 0. The number of hydrogen-bond acceptors (Lipinski definition) is 3. The fraction of sp³-hybridized carbons (Fsp3) is 0.900. The van der Waals surface area contributed by atoms with Crippen LogP contribution in [-0.2, 0) is 14.3 Å². The number of ether oxygens (including phenoxy) is 2. The molecule has 13 heavy (non-hydrogen) atoms. The van der Waals surface area contributed by atoms with E-state index >= 15 is 0 Å². The predicted octanol–water partition coefficient (Wildman–Crippen LogP) is 1.80. The molecule has 0 amide bonds. The van der Waals surface area contributed by atoms with Crippen LogP contribution in [0.4, 0.5) is 0 Å². The van der Waals surface area contributed by atoms with Crippen molar-refractivity contribution >= 4 is 5.78 Å². The van der Waals surface area contributed by atoms with E-state index in [9.17, 15) is 4.79 Å². The molecule has 0 heterocycles. The van der Waals surface area contributed by atoms with Crippen LogP contribution in [0.5, 0.6) is 0 Å². The molecule has 0 N–H and O–H groups in total. The second kappa shape index (κ2) is 8.20. The topological polar surface area (TPSA) is 35.5 Å². The van der Waals surface area contributed by atoms with Crippen LogP contribution in [0, 0.1) is 0 Å². The fourth-order valence-corrected chi connectivity index (χ4v) is 0.911. The summed E-state index contributed by atoms with van der Waals surface area (Å²) >= 11 is 0. The van der Waals surface area contributed by atoms with Crippen molar-refractivity contribution in [1.29, 1.82) is 0 Å². The molecule has 3 nitrogen and oxygen atoms in total. The highest BCUT2D eigenvalue weighted by atomic mass is 16.5. The largest absolute Gasteiger partial charge is 0.379 e. The van der Waals surface area contributed by atoms with Gasteiger partial charge in [-0.25, -0.2) is 0 Å². The molecule has 0 saturated carbocycles. The zero-order valence-electron chi connectivity index (χ0n) is 8.84. The maximum atomic E-state index is 11.1. The van der Waals surface area contributed by atoms with Crippen molar-refractivity contribution in [1.82, 2.24) is 0 Å². The van der Waals surface area contributed by atoms with Gasteiger partial charge in [-0.2, -0.15) is 0 Å². The summed E-state index contributed by atoms with van der Waals surface area (Å²) in [5, 5.41) is 0. The van der Waals surface area contributed by atoms with Crippen molar-refractivity contribution < 1.29 is 14.3 Å². The van der Waals surface area contributed by atoms with Gasteiger partial charge in [0.2, 0.25) is 0 Å². The lowest BCUT2D eigenvalue weighted by Gasteiger charge is -2.10. The van der Waals surface area contributed by atoms with Gasteiger partial charge in [0.1, 0.15) is 6.10 Å². The Morgan fingerprint density at radius 3 is 2.46 bits per heavy atom. The van der Waals surface area contributed by atoms with E-state index in [4.69, 9.17) is 9.47 Å². The number of Topliss-reactive ketones (excluding diaryl/α,β-unsaturated/α-hetero) is 1. The highest BCUT2D eigenvalue weighted by molar-refractivity contribution is 5.82. The summed E-state index contributed by atoms with van der Waals surface area (Å²) < 4.78 is 10.5. The van der Waals surface area contributed by atoms with E-state index in [2.05, 4.69) is 6.92 Å². The molecule has 1 unspecified atom stereocenters. The molecule has 0 rings (SSSR count). The Morgan fingerprint density at radius 2 is 1.92 bits per heavy atom. The molecule has 0 aliphatic rings. The third-order valence-corrected chi connectivity index (χ3v) is 1.75. The number of carbonyl (C=O) groups excluding carboxylic acids is 1. The maximum absolute atomic E-state index is 11.1. The molecule has 0 aliphatic heterocycles. The number of ketones is 1. The van der Waals surface area contributed by atoms with Gasteiger partial charge in [0, 0.05) is 13.0 Å². The van der Waals surface area contributed by atoms with Crippen LogP contribution in [-0.4, -0.2) is 31.7 Å². The van der Waals surface area contributed by atoms with Gasteiger partial charge >= 0.3 is 0 Å². The lowest BCUT2D eigenvalue weighted by atomic mass is 10.2. The minimum absolute atomic E-state index is 0.149. The van der Waals surface area contributed by atoms with Gasteiger partial charge in [-0.1, -0.05) is 13.8 Å². The summed E-state index contributed by atoms with van der Waals surface area (Å²) in [5.41, 5.74) is 0. The normalized spacial score (nSPS) is 12.8. The number of rotatable bonds is 8. The first kappa shape index (κ1) is 12.6. The standard InChI is InChI=1S/C10H20O3/c1-4-6-12-7-8-13-9(3)10(11)5-2/h9H,4-8H2,1-3H3. The molecule has 0 aromatic rings. The van der Waals surface area contributed by atoms with E-state index in [-0.39, 0.29) is 11.9 Å². The minimum atomic E-state index is -0.282. The molecular weight excluding hydrogens is 168 g/mol. The van der Waals surface area contributed by atoms with Crippen LogP contribution in [0.15, 0.2) is 0 Å². The summed E-state index contributed by atoms with van der Waals surface area (Å²) in [4.78, 5) is 11.1. The molecule has 78 valence electrons. The summed E-state index contributed by atoms with van der Waals surface area (Å²) in [6, 6.07) is 0. The van der Waals surface area contributed by atoms with Gasteiger partial charge in [0.25, 0.3) is 0 Å². The highest BCUT2D eigenvalue weighted by Gasteiger charge is 2.09. The van der Waals surface area contributed by atoms with Crippen LogP contribution in [0.2, 0.25) is 0 Å². The third-order valence-electron chi connectivity index (χ3n) is 1.75. The van der Waals surface area contributed by atoms with Crippen LogP contribution in [0.1, 0.15) is 33.6 Å². The average molecular weight is 188 g/mol. The van der Waals surface area contributed by atoms with Gasteiger partial charge in [-0.3, -0.25) is 4.79 Å². The monoisotopic (exact) mass is 188 g/mol. The Balaban J connectivity index is 3.26. The van der Waals surface area contributed by atoms with Gasteiger partial charge in [-0.15, -0.1) is 0 Å². The quantitative estimate of drug-likeness (QED) is 0.545. The van der Waals surface area contributed by atoms with E-state index in [0.29, 0.717) is 19.6 Å². The molecule has 0 bridgehead atoms. The number of carbonyl (C=O) groups is 1. The Bertz CT molecular complexity index is 134. The van der Waals surface area contributed by atoms with Crippen molar-refractivity contribution in [2.45, 2.75) is 39.7 Å². The molecule has 0 aromatic heterocycles. The predicted molar refractivity (Wildman–Crippen MR) is 51.8 cm³/mol. The zero-order valence-corrected chi connectivity index (χ0v) is 8.84. The first-order valence-electron chi connectivity index (χ1n) is 4.94. The summed E-state index contributed by atoms with van der Waals surface area (Å²) in [5.74, 6) is 0.149. The van der Waals surface area contributed by atoms with Crippen LogP contribution >= 0.6 is 0 Å². The molecule has 0 fully saturated rings. The molecule has 0 aliphatic carbocycles. The maximum Gasteiger partial charge on any atom is 0.160 e. The van der Waals surface area contributed by atoms with Crippen LogP contribution in [0.25, 0.3) is 0 Å². The van der Waals surface area contributed by atoms with Crippen molar-refractivity contribution in [2.24, 2.45) is 0 Å². The average Bonchev–Trinajstić information content (AvgIpc) is 2.16. The van der Waals surface area contributed by atoms with E-state index < -0.39 is 0 Å². The second-order valence-electron chi connectivity index (χ2n) is 2.95. The lowest BCUT2D eigenvalue weighted by molar-refractivity contribution is -0.130. The summed E-state index contributed by atoms with van der Waals surface area (Å²) in [6.45, 7) is 7.53. The van der Waals surface area contributed by atoms with Gasteiger partial charge in [-0.05, 0) is 13.3 Å². The first-order chi connectivity index (χ1) is 6.22. The zero-order chi connectivity index (χ0) is 10.1. The molecule has 0 aromatic carbocycles. The van der Waals surface area contributed by atoms with Crippen molar-refractivity contribution in [3.8, 4) is 0 Å². The SMILES string of the molecule is CCCOCCOC(C)C(=O)CC. The lowest BCUT2D eigenvalue weighted by Crippen LogP contribution is -2.21. The Hall–Kier alpha value is -0.410. The minimum Gasteiger partial charge on any atom is -0.379 e.